The number of fused-ring (bicyclic) bond motifs is 2. The normalized spacial score (nSPS) is 11.2. The van der Waals surface area contributed by atoms with Crippen LogP contribution in [-0.2, 0) is 9.47 Å². The Hall–Kier alpha value is -4.06. The molecule has 0 heterocycles. The molecule has 0 amide bonds. The summed E-state index contributed by atoms with van der Waals surface area (Å²) in [5.74, 6) is 0.771. The summed E-state index contributed by atoms with van der Waals surface area (Å²) in [5, 5.41) is 3.80. The van der Waals surface area contributed by atoms with E-state index >= 15 is 0 Å². The van der Waals surface area contributed by atoms with Crippen LogP contribution in [0.3, 0.4) is 0 Å². The van der Waals surface area contributed by atoms with Crippen LogP contribution in [0.15, 0.2) is 72.8 Å². The number of carbonyl (C=O) groups excluding carboxylic acids is 2. The number of rotatable bonds is 20. The summed E-state index contributed by atoms with van der Waals surface area (Å²) in [6.45, 7) is 7.18. The molecule has 0 radical (unpaired) electrons. The standard InChI is InChI=1S/C40H50O6/c1-4-6-8-10-12-14-24-43-39(41)35-18-16-33-28-37(22-20-31(33)26-35)45-30(3)46-38-23-21-32-27-36(19-17-34(32)29-38)40(42)44-25-15-13-11-9-7-5-2/h16-23,26-30H,4-15,24-25H2,1-3H3. The fourth-order valence-electron chi connectivity index (χ4n) is 5.52. The van der Waals surface area contributed by atoms with Gasteiger partial charge in [-0.05, 0) is 82.9 Å². The minimum atomic E-state index is -0.539. The van der Waals surface area contributed by atoms with E-state index in [-0.39, 0.29) is 11.9 Å². The Balaban J connectivity index is 1.25. The van der Waals surface area contributed by atoms with Gasteiger partial charge in [0, 0.05) is 6.92 Å². The number of benzene rings is 4. The molecule has 0 N–H and O–H groups in total. The molecule has 6 nitrogen and oxygen atoms in total. The van der Waals surface area contributed by atoms with Gasteiger partial charge in [-0.3, -0.25) is 0 Å². The minimum Gasteiger partial charge on any atom is -0.462 e. The van der Waals surface area contributed by atoms with E-state index < -0.39 is 6.29 Å². The van der Waals surface area contributed by atoms with Gasteiger partial charge in [-0.25, -0.2) is 9.59 Å². The average molecular weight is 627 g/mol. The quantitative estimate of drug-likeness (QED) is 0.0552. The van der Waals surface area contributed by atoms with Crippen molar-refractivity contribution in [2.75, 3.05) is 13.2 Å². The lowest BCUT2D eigenvalue weighted by Crippen LogP contribution is -2.19. The van der Waals surface area contributed by atoms with Gasteiger partial charge in [0.15, 0.2) is 0 Å². The molecule has 0 bridgehead atoms. The smallest absolute Gasteiger partial charge is 0.338 e. The molecule has 0 unspecified atom stereocenters. The van der Waals surface area contributed by atoms with Crippen molar-refractivity contribution in [1.29, 1.82) is 0 Å². The molecule has 0 spiro atoms. The molecule has 4 aromatic rings. The summed E-state index contributed by atoms with van der Waals surface area (Å²) in [6.07, 6.45) is 13.3. The molecule has 0 saturated carbocycles. The molecule has 46 heavy (non-hydrogen) atoms. The molecule has 0 fully saturated rings. The molecule has 0 aliphatic heterocycles. The second-order valence-electron chi connectivity index (χ2n) is 12.1. The summed E-state index contributed by atoms with van der Waals surface area (Å²) in [7, 11) is 0. The third kappa shape index (κ3) is 11.1. The van der Waals surface area contributed by atoms with Crippen LogP contribution in [0.5, 0.6) is 11.5 Å². The van der Waals surface area contributed by atoms with E-state index in [1.165, 1.54) is 51.4 Å². The van der Waals surface area contributed by atoms with Gasteiger partial charge in [-0.2, -0.15) is 0 Å². The second-order valence-corrected chi connectivity index (χ2v) is 12.1. The van der Waals surface area contributed by atoms with Gasteiger partial charge in [-0.15, -0.1) is 0 Å². The van der Waals surface area contributed by atoms with Crippen molar-refractivity contribution >= 4 is 33.5 Å². The molecular weight excluding hydrogens is 576 g/mol. The van der Waals surface area contributed by atoms with Crippen LogP contribution in [0.4, 0.5) is 0 Å². The third-order valence-electron chi connectivity index (χ3n) is 8.16. The fraction of sp³-hybridized carbons (Fsp3) is 0.450. The van der Waals surface area contributed by atoms with E-state index in [2.05, 4.69) is 13.8 Å². The van der Waals surface area contributed by atoms with Crippen LogP contribution < -0.4 is 9.47 Å². The van der Waals surface area contributed by atoms with Crippen molar-refractivity contribution in [3.05, 3.63) is 83.9 Å². The molecule has 246 valence electrons. The van der Waals surface area contributed by atoms with Crippen LogP contribution in [0.2, 0.25) is 0 Å². The molecule has 0 saturated heterocycles. The maximum absolute atomic E-state index is 12.5. The largest absolute Gasteiger partial charge is 0.462 e. The van der Waals surface area contributed by atoms with Crippen molar-refractivity contribution in [3.8, 4) is 11.5 Å². The first-order chi connectivity index (χ1) is 22.5. The number of ether oxygens (including phenoxy) is 4. The third-order valence-corrected chi connectivity index (χ3v) is 8.16. The maximum atomic E-state index is 12.5. The van der Waals surface area contributed by atoms with Crippen molar-refractivity contribution in [1.82, 2.24) is 0 Å². The summed E-state index contributed by atoms with van der Waals surface area (Å²) in [4.78, 5) is 25.1. The van der Waals surface area contributed by atoms with Gasteiger partial charge in [-0.1, -0.05) is 102 Å². The summed E-state index contributed by atoms with van der Waals surface area (Å²) < 4.78 is 23.1. The Kier molecular flexibility index (Phi) is 14.2. The van der Waals surface area contributed by atoms with Gasteiger partial charge in [0.2, 0.25) is 6.29 Å². The van der Waals surface area contributed by atoms with E-state index in [4.69, 9.17) is 18.9 Å². The highest BCUT2D eigenvalue weighted by Gasteiger charge is 2.12. The fourth-order valence-corrected chi connectivity index (χ4v) is 5.52. The first-order valence-corrected chi connectivity index (χ1v) is 17.2. The Morgan fingerprint density at radius 3 is 1.30 bits per heavy atom. The van der Waals surface area contributed by atoms with Crippen molar-refractivity contribution in [2.24, 2.45) is 0 Å². The van der Waals surface area contributed by atoms with E-state index in [1.54, 1.807) is 12.1 Å². The van der Waals surface area contributed by atoms with Crippen LogP contribution in [0.25, 0.3) is 21.5 Å². The van der Waals surface area contributed by atoms with Crippen molar-refractivity contribution in [2.45, 2.75) is 104 Å². The van der Waals surface area contributed by atoms with Crippen molar-refractivity contribution < 1.29 is 28.5 Å². The monoisotopic (exact) mass is 626 g/mol. The Labute approximate surface area is 274 Å². The minimum absolute atomic E-state index is 0.284. The molecule has 0 atom stereocenters. The Morgan fingerprint density at radius 1 is 0.500 bits per heavy atom. The second kappa shape index (κ2) is 18.8. The first kappa shape index (κ1) is 34.8. The summed E-state index contributed by atoms with van der Waals surface area (Å²) in [6, 6.07) is 22.6. The first-order valence-electron chi connectivity index (χ1n) is 17.2. The molecule has 4 aromatic carbocycles. The highest BCUT2D eigenvalue weighted by atomic mass is 16.7. The Bertz CT molecular complexity index is 1430. The van der Waals surface area contributed by atoms with Gasteiger partial charge < -0.3 is 18.9 Å². The molecule has 0 aromatic heterocycles. The SMILES string of the molecule is CCCCCCCCOC(=O)c1ccc2cc(OC(C)Oc3ccc4cc(C(=O)OCCCCCCCC)ccc4c3)ccc2c1. The number of carbonyl (C=O) groups is 2. The summed E-state index contributed by atoms with van der Waals surface area (Å²) in [5.41, 5.74) is 1.11. The van der Waals surface area contributed by atoms with Crippen LogP contribution in [0.1, 0.15) is 119 Å². The molecule has 6 heteroatoms. The predicted molar refractivity (Wildman–Crippen MR) is 186 cm³/mol. The number of esters is 2. The van der Waals surface area contributed by atoms with Gasteiger partial charge in [0.25, 0.3) is 0 Å². The van der Waals surface area contributed by atoms with Crippen LogP contribution in [-0.4, -0.2) is 31.4 Å². The molecule has 4 rings (SSSR count). The lowest BCUT2D eigenvalue weighted by Gasteiger charge is -2.17. The Morgan fingerprint density at radius 2 is 0.870 bits per heavy atom. The zero-order chi connectivity index (χ0) is 32.6. The topological polar surface area (TPSA) is 71.1 Å². The molecule has 0 aliphatic rings. The number of hydrogen-bond acceptors (Lipinski definition) is 6. The molecular formula is C40H50O6. The highest BCUT2D eigenvalue weighted by Crippen LogP contribution is 2.26. The van der Waals surface area contributed by atoms with E-state index in [0.717, 1.165) is 47.2 Å². The molecule has 0 aliphatic carbocycles. The van der Waals surface area contributed by atoms with Crippen LogP contribution >= 0.6 is 0 Å². The number of unbranched alkanes of at least 4 members (excludes halogenated alkanes) is 10. The average Bonchev–Trinajstić information content (AvgIpc) is 3.06. The lowest BCUT2D eigenvalue weighted by molar-refractivity contribution is 0.0225. The number of hydrogen-bond donors (Lipinski definition) is 0. The van der Waals surface area contributed by atoms with E-state index in [0.29, 0.717) is 35.8 Å². The zero-order valence-corrected chi connectivity index (χ0v) is 27.9. The van der Waals surface area contributed by atoms with Crippen molar-refractivity contribution in [3.63, 3.8) is 0 Å². The lowest BCUT2D eigenvalue weighted by atomic mass is 10.1. The van der Waals surface area contributed by atoms with E-state index in [1.807, 2.05) is 67.6 Å². The van der Waals surface area contributed by atoms with Gasteiger partial charge in [0.1, 0.15) is 11.5 Å². The predicted octanol–water partition coefficient (Wildman–Crippen LogP) is 10.8. The zero-order valence-electron chi connectivity index (χ0n) is 27.9. The maximum Gasteiger partial charge on any atom is 0.338 e. The van der Waals surface area contributed by atoms with Gasteiger partial charge >= 0.3 is 11.9 Å². The summed E-state index contributed by atoms with van der Waals surface area (Å²) >= 11 is 0. The van der Waals surface area contributed by atoms with Gasteiger partial charge in [0.05, 0.1) is 24.3 Å². The highest BCUT2D eigenvalue weighted by molar-refractivity contribution is 5.96. The van der Waals surface area contributed by atoms with Crippen LogP contribution in [0, 0.1) is 0 Å². The van der Waals surface area contributed by atoms with E-state index in [9.17, 15) is 9.59 Å².